The van der Waals surface area contributed by atoms with E-state index in [0.29, 0.717) is 5.91 Å². The zero-order valence-electron chi connectivity index (χ0n) is 12.9. The molecule has 0 saturated carbocycles. The van der Waals surface area contributed by atoms with Crippen molar-refractivity contribution in [2.75, 3.05) is 26.2 Å². The molecule has 21 heavy (non-hydrogen) atoms. The zero-order chi connectivity index (χ0) is 14.8. The fourth-order valence-electron chi connectivity index (χ4n) is 3.15. The van der Waals surface area contributed by atoms with Gasteiger partial charge in [-0.2, -0.15) is 0 Å². The van der Waals surface area contributed by atoms with Crippen molar-refractivity contribution in [3.8, 4) is 0 Å². The highest BCUT2D eigenvalue weighted by atomic mass is 32.2. The first-order valence-electron chi connectivity index (χ1n) is 7.90. The summed E-state index contributed by atoms with van der Waals surface area (Å²) in [5.41, 5.74) is 2.52. The molecule has 0 spiro atoms. The van der Waals surface area contributed by atoms with Crippen molar-refractivity contribution >= 4 is 17.7 Å². The number of nitrogens with zero attached hydrogens (tertiary/aromatic N) is 2. The Bertz CT molecular complexity index is 496. The van der Waals surface area contributed by atoms with E-state index in [0.717, 1.165) is 13.1 Å². The van der Waals surface area contributed by atoms with Gasteiger partial charge < -0.3 is 9.80 Å². The number of carbonyl (C=O) groups is 1. The number of aryl methyl sites for hydroxylation is 1. The number of thioether (sulfide) groups is 1. The average molecular weight is 304 g/mol. The molecule has 2 aliphatic heterocycles. The highest BCUT2D eigenvalue weighted by Crippen LogP contribution is 2.42. The van der Waals surface area contributed by atoms with Gasteiger partial charge >= 0.3 is 0 Å². The second kappa shape index (κ2) is 6.41. The van der Waals surface area contributed by atoms with Crippen molar-refractivity contribution in [2.24, 2.45) is 0 Å². The zero-order valence-corrected chi connectivity index (χ0v) is 13.7. The Labute approximate surface area is 131 Å². The third-order valence-corrected chi connectivity index (χ3v) is 5.86. The smallest absolute Gasteiger partial charge is 0.236 e. The standard InChI is InChI=1S/C17H24N2OS/c1-13-5-7-15(8-6-13)17-19(16(20)14(2)21-17)12-11-18-9-3-4-10-18/h5-8,14,17H,3-4,9-12H2,1-2H3/t14-,17+/m0/s1. The summed E-state index contributed by atoms with van der Waals surface area (Å²) in [7, 11) is 0. The van der Waals surface area contributed by atoms with Crippen molar-refractivity contribution in [3.05, 3.63) is 35.4 Å². The van der Waals surface area contributed by atoms with E-state index in [-0.39, 0.29) is 10.6 Å². The molecule has 2 aliphatic rings. The first-order chi connectivity index (χ1) is 10.1. The van der Waals surface area contributed by atoms with E-state index in [9.17, 15) is 4.79 Å². The lowest BCUT2D eigenvalue weighted by atomic mass is 10.1. The van der Waals surface area contributed by atoms with Crippen LogP contribution in [0.5, 0.6) is 0 Å². The molecule has 3 nitrogen and oxygen atoms in total. The minimum atomic E-state index is 0.0786. The van der Waals surface area contributed by atoms with Gasteiger partial charge in [0.2, 0.25) is 5.91 Å². The van der Waals surface area contributed by atoms with Gasteiger partial charge in [-0.25, -0.2) is 0 Å². The molecular formula is C17H24N2OS. The van der Waals surface area contributed by atoms with Crippen molar-refractivity contribution in [2.45, 2.75) is 37.3 Å². The molecular weight excluding hydrogens is 280 g/mol. The van der Waals surface area contributed by atoms with Gasteiger partial charge in [0.15, 0.2) is 0 Å². The second-order valence-electron chi connectivity index (χ2n) is 6.12. The molecule has 0 radical (unpaired) electrons. The minimum absolute atomic E-state index is 0.0786. The summed E-state index contributed by atoms with van der Waals surface area (Å²) < 4.78 is 0. The normalized spacial score (nSPS) is 26.8. The maximum Gasteiger partial charge on any atom is 0.236 e. The van der Waals surface area contributed by atoms with E-state index in [1.54, 1.807) is 11.8 Å². The van der Waals surface area contributed by atoms with Gasteiger partial charge in [-0.1, -0.05) is 29.8 Å². The SMILES string of the molecule is Cc1ccc([C@H]2S[C@@H](C)C(=O)N2CCN2CCCC2)cc1. The Kier molecular flexibility index (Phi) is 4.55. The van der Waals surface area contributed by atoms with Crippen LogP contribution < -0.4 is 0 Å². The Morgan fingerprint density at radius 1 is 1.14 bits per heavy atom. The molecule has 2 atom stereocenters. The first-order valence-corrected chi connectivity index (χ1v) is 8.84. The molecule has 4 heteroatoms. The summed E-state index contributed by atoms with van der Waals surface area (Å²) in [5, 5.41) is 0.269. The highest BCUT2D eigenvalue weighted by Gasteiger charge is 2.38. The molecule has 0 bridgehead atoms. The number of benzene rings is 1. The summed E-state index contributed by atoms with van der Waals surface area (Å²) in [6.07, 6.45) is 2.61. The molecule has 114 valence electrons. The molecule has 0 N–H and O–H groups in total. The van der Waals surface area contributed by atoms with Gasteiger partial charge in [-0.3, -0.25) is 4.79 Å². The Morgan fingerprint density at radius 3 is 2.48 bits per heavy atom. The summed E-state index contributed by atoms with van der Waals surface area (Å²) in [5.74, 6) is 0.296. The topological polar surface area (TPSA) is 23.6 Å². The molecule has 0 unspecified atom stereocenters. The first kappa shape index (κ1) is 14.9. The van der Waals surface area contributed by atoms with Gasteiger partial charge in [-0.05, 0) is 45.3 Å². The minimum Gasteiger partial charge on any atom is -0.324 e. The summed E-state index contributed by atoms with van der Waals surface area (Å²) in [4.78, 5) is 17.0. The Balaban J connectivity index is 1.71. The molecule has 0 aromatic heterocycles. The van der Waals surface area contributed by atoms with Crippen LogP contribution in [0, 0.1) is 6.92 Å². The van der Waals surface area contributed by atoms with Crippen molar-refractivity contribution in [3.63, 3.8) is 0 Å². The maximum absolute atomic E-state index is 12.4. The number of hydrogen-bond acceptors (Lipinski definition) is 3. The van der Waals surface area contributed by atoms with Crippen LogP contribution in [-0.2, 0) is 4.79 Å². The van der Waals surface area contributed by atoms with E-state index in [4.69, 9.17) is 0 Å². The van der Waals surface area contributed by atoms with Crippen LogP contribution in [-0.4, -0.2) is 47.1 Å². The lowest BCUT2D eigenvalue weighted by molar-refractivity contribution is -0.130. The number of likely N-dealkylation sites (tertiary alicyclic amines) is 1. The molecule has 0 aliphatic carbocycles. The van der Waals surface area contributed by atoms with Gasteiger partial charge in [0, 0.05) is 13.1 Å². The number of hydrogen-bond donors (Lipinski definition) is 0. The fourth-order valence-corrected chi connectivity index (χ4v) is 4.46. The van der Waals surface area contributed by atoms with Crippen molar-refractivity contribution < 1.29 is 4.79 Å². The van der Waals surface area contributed by atoms with Crippen LogP contribution in [0.4, 0.5) is 0 Å². The van der Waals surface area contributed by atoms with Gasteiger partial charge in [0.25, 0.3) is 0 Å². The summed E-state index contributed by atoms with van der Waals surface area (Å²) in [6.45, 7) is 8.39. The van der Waals surface area contributed by atoms with Crippen LogP contribution >= 0.6 is 11.8 Å². The van der Waals surface area contributed by atoms with E-state index in [1.807, 2.05) is 6.92 Å². The molecule has 3 rings (SSSR count). The average Bonchev–Trinajstić information content (AvgIpc) is 3.08. The predicted molar refractivity (Wildman–Crippen MR) is 88.4 cm³/mol. The van der Waals surface area contributed by atoms with Crippen molar-refractivity contribution in [1.82, 2.24) is 9.80 Å². The third-order valence-electron chi connectivity index (χ3n) is 4.47. The summed E-state index contributed by atoms with van der Waals surface area (Å²) in [6, 6.07) is 8.62. The monoisotopic (exact) mass is 304 g/mol. The molecule has 2 saturated heterocycles. The van der Waals surface area contributed by atoms with Gasteiger partial charge in [0.1, 0.15) is 5.37 Å². The Morgan fingerprint density at radius 2 is 1.81 bits per heavy atom. The van der Waals surface area contributed by atoms with Gasteiger partial charge in [-0.15, -0.1) is 11.8 Å². The maximum atomic E-state index is 12.4. The van der Waals surface area contributed by atoms with Crippen LogP contribution in [0.1, 0.15) is 36.3 Å². The quantitative estimate of drug-likeness (QED) is 0.854. The van der Waals surface area contributed by atoms with E-state index in [2.05, 4.69) is 41.0 Å². The van der Waals surface area contributed by atoms with Crippen LogP contribution in [0.25, 0.3) is 0 Å². The molecule has 2 heterocycles. The van der Waals surface area contributed by atoms with Crippen LogP contribution in [0.15, 0.2) is 24.3 Å². The third kappa shape index (κ3) is 3.27. The highest BCUT2D eigenvalue weighted by molar-refractivity contribution is 8.01. The fraction of sp³-hybridized carbons (Fsp3) is 0.588. The summed E-state index contributed by atoms with van der Waals surface area (Å²) >= 11 is 1.78. The second-order valence-corrected chi connectivity index (χ2v) is 7.55. The largest absolute Gasteiger partial charge is 0.324 e. The van der Waals surface area contributed by atoms with E-state index in [1.165, 1.54) is 37.1 Å². The van der Waals surface area contributed by atoms with E-state index < -0.39 is 0 Å². The lowest BCUT2D eigenvalue weighted by Gasteiger charge is -2.26. The molecule has 1 aromatic carbocycles. The van der Waals surface area contributed by atoms with Crippen LogP contribution in [0.3, 0.4) is 0 Å². The molecule has 1 aromatic rings. The lowest BCUT2D eigenvalue weighted by Crippen LogP contribution is -2.37. The Hall–Kier alpha value is -1.00. The molecule has 1 amide bonds. The van der Waals surface area contributed by atoms with Gasteiger partial charge in [0.05, 0.1) is 5.25 Å². The van der Waals surface area contributed by atoms with Crippen molar-refractivity contribution in [1.29, 1.82) is 0 Å². The predicted octanol–water partition coefficient (Wildman–Crippen LogP) is 3.05. The molecule has 2 fully saturated rings. The number of rotatable bonds is 4. The van der Waals surface area contributed by atoms with E-state index >= 15 is 0 Å². The van der Waals surface area contributed by atoms with Crippen LogP contribution in [0.2, 0.25) is 0 Å². The number of amides is 1. The number of carbonyl (C=O) groups excluding carboxylic acids is 1.